The Bertz CT molecular complexity index is 192. The van der Waals surface area contributed by atoms with E-state index < -0.39 is 4.44 Å². The van der Waals surface area contributed by atoms with Crippen molar-refractivity contribution in [2.45, 2.75) is 0 Å². The molecule has 0 N–H and O–H groups in total. The van der Waals surface area contributed by atoms with Gasteiger partial charge >= 0.3 is 0 Å². The summed E-state index contributed by atoms with van der Waals surface area (Å²) in [6.07, 6.45) is 0. The first kappa shape index (κ1) is 16.3. The van der Waals surface area contributed by atoms with Gasteiger partial charge in [0.15, 0.2) is 0 Å². The average Bonchev–Trinajstić information content (AvgIpc) is 2.01. The second kappa shape index (κ2) is 8.37. The lowest BCUT2D eigenvalue weighted by Gasteiger charge is -2.18. The summed E-state index contributed by atoms with van der Waals surface area (Å²) in [4.78, 5) is 4.43. The summed E-state index contributed by atoms with van der Waals surface area (Å²) in [5.74, 6) is 2.32. The molecule has 0 saturated carbocycles. The van der Waals surface area contributed by atoms with Crippen molar-refractivity contribution in [3.05, 3.63) is 0 Å². The fourth-order valence-corrected chi connectivity index (χ4v) is 8.50. The van der Waals surface area contributed by atoms with Crippen molar-refractivity contribution in [1.29, 1.82) is 0 Å². The van der Waals surface area contributed by atoms with E-state index in [2.05, 4.69) is 44.7 Å². The highest BCUT2D eigenvalue weighted by Gasteiger charge is 2.11. The van der Waals surface area contributed by atoms with E-state index in [1.807, 2.05) is 22.8 Å². The van der Waals surface area contributed by atoms with Crippen molar-refractivity contribution in [1.82, 2.24) is 9.80 Å². The second-order valence-electron chi connectivity index (χ2n) is 4.04. The quantitative estimate of drug-likeness (QED) is 0.631. The van der Waals surface area contributed by atoms with Gasteiger partial charge in [0.2, 0.25) is 0 Å². The Morgan fingerprint density at radius 3 is 1.53 bits per heavy atom. The molecule has 0 heterocycles. The molecule has 0 aliphatic heterocycles. The molecule has 15 heavy (non-hydrogen) atoms. The molecule has 0 radical (unpaired) electrons. The van der Waals surface area contributed by atoms with Crippen molar-refractivity contribution >= 4 is 39.0 Å². The average molecular weight is 286 g/mol. The summed E-state index contributed by atoms with van der Waals surface area (Å²) in [6, 6.07) is 0. The van der Waals surface area contributed by atoms with Gasteiger partial charge in [0.1, 0.15) is 0 Å². The highest BCUT2D eigenvalue weighted by atomic mass is 33.2. The van der Waals surface area contributed by atoms with Crippen molar-refractivity contribution in [3.63, 3.8) is 0 Å². The molecule has 0 aromatic heterocycles. The van der Waals surface area contributed by atoms with Gasteiger partial charge in [-0.2, -0.15) is 0 Å². The van der Waals surface area contributed by atoms with Crippen LogP contribution in [0.15, 0.2) is 0 Å². The maximum absolute atomic E-state index is 5.65. The molecule has 0 unspecified atom stereocenters. The molecule has 0 rings (SSSR count). The van der Waals surface area contributed by atoms with E-state index in [0.29, 0.717) is 0 Å². The predicted molar refractivity (Wildman–Crippen MR) is 82.2 cm³/mol. The van der Waals surface area contributed by atoms with Gasteiger partial charge in [0, 0.05) is 24.6 Å². The highest BCUT2D eigenvalue weighted by molar-refractivity contribution is 9.00. The number of hydrogen-bond acceptors (Lipinski definition) is 5. The summed E-state index contributed by atoms with van der Waals surface area (Å²) in [5, 5.41) is 0. The fourth-order valence-electron chi connectivity index (χ4n) is 0.816. The molecule has 0 amide bonds. The molecular weight excluding hydrogens is 263 g/mol. The molecule has 0 saturated heterocycles. The van der Waals surface area contributed by atoms with Crippen LogP contribution in [0, 0.1) is 0 Å². The van der Waals surface area contributed by atoms with Crippen LogP contribution in [0.1, 0.15) is 0 Å². The van der Waals surface area contributed by atoms with Crippen LogP contribution >= 0.6 is 27.2 Å². The standard InChI is InChI=1S/C9H23N2PS3/c1-10(2)6-8-14-12(5,13)15-9-7-11(3)4/h6-9H2,1-5H3. The van der Waals surface area contributed by atoms with Crippen molar-refractivity contribution in [3.8, 4) is 0 Å². The molecule has 0 aromatic rings. The first-order valence-corrected chi connectivity index (χ1v) is 11.4. The molecule has 6 heteroatoms. The third-order valence-electron chi connectivity index (χ3n) is 1.73. The molecule has 92 valence electrons. The van der Waals surface area contributed by atoms with Crippen LogP contribution in [0.4, 0.5) is 0 Å². The lowest BCUT2D eigenvalue weighted by atomic mass is 10.7. The third kappa shape index (κ3) is 11.5. The maximum Gasteiger partial charge on any atom is 0.0543 e. The van der Waals surface area contributed by atoms with E-state index in [-0.39, 0.29) is 0 Å². The zero-order valence-electron chi connectivity index (χ0n) is 10.4. The maximum atomic E-state index is 5.65. The summed E-state index contributed by atoms with van der Waals surface area (Å²) in [5.41, 5.74) is 0. The van der Waals surface area contributed by atoms with Crippen LogP contribution in [-0.4, -0.2) is 69.3 Å². The van der Waals surface area contributed by atoms with Crippen LogP contribution in [0.25, 0.3) is 0 Å². The number of rotatable bonds is 8. The highest BCUT2D eigenvalue weighted by Crippen LogP contribution is 2.66. The molecule has 2 nitrogen and oxygen atoms in total. The first-order valence-electron chi connectivity index (χ1n) is 4.99. The van der Waals surface area contributed by atoms with Gasteiger partial charge in [-0.15, -0.1) is 22.8 Å². The minimum absolute atomic E-state index is 1.13. The van der Waals surface area contributed by atoms with Gasteiger partial charge in [0.25, 0.3) is 0 Å². The number of nitrogens with zero attached hydrogens (tertiary/aromatic N) is 2. The normalized spacial score (nSPS) is 12.7. The van der Waals surface area contributed by atoms with Crippen LogP contribution < -0.4 is 0 Å². The monoisotopic (exact) mass is 286 g/mol. The van der Waals surface area contributed by atoms with E-state index >= 15 is 0 Å². The topological polar surface area (TPSA) is 6.48 Å². The van der Waals surface area contributed by atoms with Crippen LogP contribution in [0.5, 0.6) is 0 Å². The summed E-state index contributed by atoms with van der Waals surface area (Å²) in [6.45, 7) is 4.51. The van der Waals surface area contributed by atoms with Gasteiger partial charge in [0.05, 0.1) is 4.44 Å². The van der Waals surface area contributed by atoms with Gasteiger partial charge < -0.3 is 9.80 Å². The Morgan fingerprint density at radius 2 is 1.27 bits per heavy atom. The minimum atomic E-state index is -1.19. The van der Waals surface area contributed by atoms with Gasteiger partial charge in [-0.1, -0.05) is 11.8 Å². The fraction of sp³-hybridized carbons (Fsp3) is 1.00. The Hall–Kier alpha value is 1.27. The smallest absolute Gasteiger partial charge is 0.0543 e. The van der Waals surface area contributed by atoms with Crippen LogP contribution in [-0.2, 0) is 11.8 Å². The molecule has 0 aliphatic carbocycles. The molecule has 0 atom stereocenters. The predicted octanol–water partition coefficient (Wildman–Crippen LogP) is 2.52. The lowest BCUT2D eigenvalue weighted by molar-refractivity contribution is 0.437. The van der Waals surface area contributed by atoms with E-state index in [0.717, 1.165) is 24.6 Å². The number of hydrogen-bond donors (Lipinski definition) is 0. The third-order valence-corrected chi connectivity index (χ3v) is 11.1. The zero-order valence-corrected chi connectivity index (χ0v) is 13.7. The van der Waals surface area contributed by atoms with Gasteiger partial charge in [-0.3, -0.25) is 0 Å². The first-order chi connectivity index (χ1) is 6.83. The Labute approximate surface area is 108 Å². The zero-order chi connectivity index (χ0) is 11.9. The van der Waals surface area contributed by atoms with Gasteiger partial charge in [-0.25, -0.2) is 0 Å². The van der Waals surface area contributed by atoms with E-state index in [1.54, 1.807) is 0 Å². The van der Waals surface area contributed by atoms with Crippen molar-refractivity contribution < 1.29 is 0 Å². The molecule has 0 fully saturated rings. The van der Waals surface area contributed by atoms with E-state index in [4.69, 9.17) is 11.8 Å². The van der Waals surface area contributed by atoms with Crippen LogP contribution in [0.3, 0.4) is 0 Å². The summed E-state index contributed by atoms with van der Waals surface area (Å²) >= 11 is 9.62. The van der Waals surface area contributed by atoms with E-state index in [9.17, 15) is 0 Å². The van der Waals surface area contributed by atoms with Crippen molar-refractivity contribution in [2.75, 3.05) is 59.5 Å². The summed E-state index contributed by atoms with van der Waals surface area (Å²) < 4.78 is -1.19. The van der Waals surface area contributed by atoms with Crippen LogP contribution in [0.2, 0.25) is 0 Å². The Morgan fingerprint density at radius 1 is 0.933 bits per heavy atom. The van der Waals surface area contributed by atoms with Crippen molar-refractivity contribution in [2.24, 2.45) is 0 Å². The molecule has 0 aromatic carbocycles. The Balaban J connectivity index is 3.63. The lowest BCUT2D eigenvalue weighted by Crippen LogP contribution is -2.15. The molecular formula is C9H23N2PS3. The Kier molecular flexibility index (Phi) is 9.08. The molecule has 0 aliphatic rings. The minimum Gasteiger partial charge on any atom is -0.309 e. The second-order valence-corrected chi connectivity index (χ2v) is 17.1. The largest absolute Gasteiger partial charge is 0.309 e. The van der Waals surface area contributed by atoms with Gasteiger partial charge in [-0.05, 0) is 34.9 Å². The summed E-state index contributed by atoms with van der Waals surface area (Å²) in [7, 11) is 8.44. The van der Waals surface area contributed by atoms with E-state index in [1.165, 1.54) is 0 Å². The SMILES string of the molecule is CN(C)CCSP(C)(=S)SCCN(C)C. The molecule has 0 bridgehead atoms. The molecule has 0 spiro atoms.